The molecule has 1 heterocycles. The van der Waals surface area contributed by atoms with Gasteiger partial charge in [0.15, 0.2) is 0 Å². The van der Waals surface area contributed by atoms with Crippen LogP contribution in [0.25, 0.3) is 11.1 Å². The quantitative estimate of drug-likeness (QED) is 0.430. The Kier molecular flexibility index (Phi) is 7.11. The van der Waals surface area contributed by atoms with Crippen molar-refractivity contribution >= 4 is 27.6 Å². The van der Waals surface area contributed by atoms with Crippen LogP contribution in [0.3, 0.4) is 0 Å². The van der Waals surface area contributed by atoms with Crippen LogP contribution in [-0.2, 0) is 21.0 Å². The molecular formula is C27H25F3N2O6S. The van der Waals surface area contributed by atoms with Crippen molar-refractivity contribution in [1.82, 2.24) is 4.90 Å². The van der Waals surface area contributed by atoms with Crippen LogP contribution >= 0.6 is 0 Å². The molecule has 0 saturated heterocycles. The zero-order valence-electron chi connectivity index (χ0n) is 21.2. The van der Waals surface area contributed by atoms with E-state index in [9.17, 15) is 36.3 Å². The number of rotatable bonds is 7. The largest absolute Gasteiger partial charge is 0.497 e. The lowest BCUT2D eigenvalue weighted by Gasteiger charge is -2.39. The van der Waals surface area contributed by atoms with Crippen molar-refractivity contribution in [3.63, 3.8) is 0 Å². The average molecular weight is 563 g/mol. The van der Waals surface area contributed by atoms with Gasteiger partial charge in [0, 0.05) is 6.54 Å². The van der Waals surface area contributed by atoms with Gasteiger partial charge in [0.25, 0.3) is 15.9 Å². The van der Waals surface area contributed by atoms with E-state index in [1.54, 1.807) is 30.3 Å². The summed E-state index contributed by atoms with van der Waals surface area (Å²) in [5.74, 6) is -1.27. The van der Waals surface area contributed by atoms with Crippen molar-refractivity contribution in [3.8, 4) is 16.9 Å². The summed E-state index contributed by atoms with van der Waals surface area (Å²) in [5, 5.41) is 9.58. The second-order valence-corrected chi connectivity index (χ2v) is 11.5. The number of halogens is 3. The Morgan fingerprint density at radius 1 is 1.00 bits per heavy atom. The van der Waals surface area contributed by atoms with Gasteiger partial charge in [-0.05, 0) is 67.4 Å². The summed E-state index contributed by atoms with van der Waals surface area (Å²) in [6, 6.07) is 14.7. The van der Waals surface area contributed by atoms with Crippen molar-refractivity contribution in [1.29, 1.82) is 0 Å². The molecule has 1 amide bonds. The van der Waals surface area contributed by atoms with E-state index in [0.717, 1.165) is 27.4 Å². The molecule has 0 aliphatic carbocycles. The highest BCUT2D eigenvalue weighted by Crippen LogP contribution is 2.38. The third-order valence-electron chi connectivity index (χ3n) is 6.40. The number of hydrogen-bond donors (Lipinski definition) is 1. The Balaban J connectivity index is 1.89. The second-order valence-electron chi connectivity index (χ2n) is 9.68. The summed E-state index contributed by atoms with van der Waals surface area (Å²) in [6.45, 7) is 1.83. The van der Waals surface area contributed by atoms with E-state index in [4.69, 9.17) is 4.74 Å². The van der Waals surface area contributed by atoms with E-state index < -0.39 is 50.6 Å². The molecule has 1 N–H and O–H groups in total. The lowest BCUT2D eigenvalue weighted by Crippen LogP contribution is -2.52. The minimum Gasteiger partial charge on any atom is -0.497 e. The predicted octanol–water partition coefficient (Wildman–Crippen LogP) is 5.10. The maximum atomic E-state index is 13.8. The zero-order valence-corrected chi connectivity index (χ0v) is 22.0. The van der Waals surface area contributed by atoms with Crippen molar-refractivity contribution in [2.24, 2.45) is 5.41 Å². The van der Waals surface area contributed by atoms with Crippen LogP contribution in [0.4, 0.5) is 18.9 Å². The Morgan fingerprint density at radius 2 is 1.67 bits per heavy atom. The number of nitrogens with zero attached hydrogens (tertiary/aromatic N) is 2. The van der Waals surface area contributed by atoms with Crippen LogP contribution in [0, 0.1) is 5.41 Å². The van der Waals surface area contributed by atoms with Crippen LogP contribution in [0.5, 0.6) is 5.75 Å². The number of sulfonamides is 1. The number of amides is 1. The first-order chi connectivity index (χ1) is 18.1. The fourth-order valence-electron chi connectivity index (χ4n) is 4.20. The first-order valence-corrected chi connectivity index (χ1v) is 13.1. The van der Waals surface area contributed by atoms with Crippen LogP contribution in [0.1, 0.15) is 29.8 Å². The molecular weight excluding hydrogens is 537 g/mol. The SMILES string of the molecule is COc1cccc(-c2ccc3c(c2)N(S(=O)(=O)c2cccc(C(F)(F)F)c2)CN(CC(C)(C)C(=O)O)C3=O)c1. The van der Waals surface area contributed by atoms with Gasteiger partial charge in [0.2, 0.25) is 0 Å². The van der Waals surface area contributed by atoms with E-state index in [-0.39, 0.29) is 17.8 Å². The third kappa shape index (κ3) is 5.42. The molecule has 206 valence electrons. The van der Waals surface area contributed by atoms with E-state index in [1.165, 1.54) is 33.1 Å². The van der Waals surface area contributed by atoms with E-state index >= 15 is 0 Å². The van der Waals surface area contributed by atoms with Gasteiger partial charge in [-0.3, -0.25) is 9.59 Å². The zero-order chi connectivity index (χ0) is 28.8. The third-order valence-corrected chi connectivity index (χ3v) is 8.14. The van der Waals surface area contributed by atoms with Gasteiger partial charge in [-0.2, -0.15) is 13.2 Å². The Bertz CT molecular complexity index is 1550. The molecule has 0 fully saturated rings. The molecule has 1 aliphatic heterocycles. The molecule has 0 radical (unpaired) electrons. The van der Waals surface area contributed by atoms with Crippen molar-refractivity contribution < 1.29 is 41.0 Å². The Labute approximate surface area is 223 Å². The van der Waals surface area contributed by atoms with Gasteiger partial charge in [-0.15, -0.1) is 0 Å². The lowest BCUT2D eigenvalue weighted by atomic mass is 9.92. The molecule has 0 spiro atoms. The fraction of sp³-hybridized carbons (Fsp3) is 0.259. The first kappa shape index (κ1) is 28.0. The van der Waals surface area contributed by atoms with Gasteiger partial charge in [0.05, 0.1) is 34.2 Å². The van der Waals surface area contributed by atoms with Crippen LogP contribution in [0.15, 0.2) is 71.6 Å². The highest BCUT2D eigenvalue weighted by Gasteiger charge is 2.41. The Hall–Kier alpha value is -4.06. The lowest BCUT2D eigenvalue weighted by molar-refractivity contribution is -0.147. The number of fused-ring (bicyclic) bond motifs is 1. The van der Waals surface area contributed by atoms with Crippen LogP contribution in [0.2, 0.25) is 0 Å². The molecule has 0 bridgehead atoms. The number of ether oxygens (including phenoxy) is 1. The fourth-order valence-corrected chi connectivity index (χ4v) is 5.68. The normalized spacial score (nSPS) is 14.3. The summed E-state index contributed by atoms with van der Waals surface area (Å²) < 4.78 is 73.9. The molecule has 0 atom stereocenters. The molecule has 0 unspecified atom stereocenters. The molecule has 4 rings (SSSR count). The van der Waals surface area contributed by atoms with Gasteiger partial charge in [0.1, 0.15) is 12.4 Å². The van der Waals surface area contributed by atoms with Gasteiger partial charge < -0.3 is 14.7 Å². The smallest absolute Gasteiger partial charge is 0.416 e. The van der Waals surface area contributed by atoms with Gasteiger partial charge in [-0.1, -0.05) is 24.3 Å². The maximum absolute atomic E-state index is 13.8. The summed E-state index contributed by atoms with van der Waals surface area (Å²) in [6.07, 6.45) is -4.78. The van der Waals surface area contributed by atoms with Crippen molar-refractivity contribution in [2.45, 2.75) is 24.9 Å². The number of benzene rings is 3. The van der Waals surface area contributed by atoms with Gasteiger partial charge in [-0.25, -0.2) is 12.7 Å². The molecule has 3 aromatic rings. The number of hydrogen-bond acceptors (Lipinski definition) is 5. The average Bonchev–Trinajstić information content (AvgIpc) is 2.89. The highest BCUT2D eigenvalue weighted by atomic mass is 32.2. The number of carbonyl (C=O) groups is 2. The number of carboxylic acids is 1. The van der Waals surface area contributed by atoms with Crippen LogP contribution in [-0.4, -0.2) is 50.6 Å². The second kappa shape index (κ2) is 9.92. The van der Waals surface area contributed by atoms with Gasteiger partial charge >= 0.3 is 12.1 Å². The monoisotopic (exact) mass is 562 g/mol. The molecule has 12 heteroatoms. The molecule has 0 saturated carbocycles. The van der Waals surface area contributed by atoms with E-state index in [0.29, 0.717) is 22.9 Å². The predicted molar refractivity (Wildman–Crippen MR) is 137 cm³/mol. The molecule has 8 nitrogen and oxygen atoms in total. The van der Waals surface area contributed by atoms with Crippen LogP contribution < -0.4 is 9.04 Å². The number of methoxy groups -OCH3 is 1. The molecule has 0 aromatic heterocycles. The van der Waals surface area contributed by atoms with Crippen molar-refractivity contribution in [2.75, 3.05) is 24.6 Å². The maximum Gasteiger partial charge on any atom is 0.416 e. The number of carboxylic acid groups (broad SMARTS) is 1. The standard InChI is InChI=1S/C27H25F3N2O6S/c1-26(2,25(34)35)15-31-16-32(39(36,37)21-9-5-7-19(14-21)27(28,29)30)23-13-18(10-11-22(23)24(31)33)17-6-4-8-20(12-17)38-3/h4-14H,15-16H2,1-3H3,(H,34,35). The Morgan fingerprint density at radius 3 is 2.31 bits per heavy atom. The number of carbonyl (C=O) groups excluding carboxylic acids is 1. The summed E-state index contributed by atoms with van der Waals surface area (Å²) in [4.78, 5) is 25.6. The van der Waals surface area contributed by atoms with E-state index in [2.05, 4.69) is 0 Å². The minimum absolute atomic E-state index is 0.0374. The first-order valence-electron chi connectivity index (χ1n) is 11.7. The highest BCUT2D eigenvalue weighted by molar-refractivity contribution is 7.92. The number of alkyl halides is 3. The number of anilines is 1. The molecule has 1 aliphatic rings. The summed E-state index contributed by atoms with van der Waals surface area (Å²) in [7, 11) is -3.15. The molecule has 3 aromatic carbocycles. The minimum atomic E-state index is -4.78. The van der Waals surface area contributed by atoms with Crippen molar-refractivity contribution in [3.05, 3.63) is 77.9 Å². The summed E-state index contributed by atoms with van der Waals surface area (Å²) >= 11 is 0. The van der Waals surface area contributed by atoms with E-state index in [1.807, 2.05) is 0 Å². The summed E-state index contributed by atoms with van der Waals surface area (Å²) in [5.41, 5.74) is -1.48. The topological polar surface area (TPSA) is 104 Å². The number of aliphatic carboxylic acids is 1. The molecule has 39 heavy (non-hydrogen) atoms.